The number of benzene rings is 1. The van der Waals surface area contributed by atoms with Crippen LogP contribution in [0.25, 0.3) is 5.57 Å². The van der Waals surface area contributed by atoms with Gasteiger partial charge in [-0.1, -0.05) is 36.8 Å². The van der Waals surface area contributed by atoms with Crippen molar-refractivity contribution in [2.75, 3.05) is 26.2 Å². The summed E-state index contributed by atoms with van der Waals surface area (Å²) in [7, 11) is 0. The number of nitrogens with one attached hydrogen (secondary N) is 1. The first-order valence-corrected chi connectivity index (χ1v) is 12.6. The fourth-order valence-electron chi connectivity index (χ4n) is 5.96. The van der Waals surface area contributed by atoms with Crippen molar-refractivity contribution in [1.82, 2.24) is 10.2 Å². The molecule has 0 amide bonds. The van der Waals surface area contributed by atoms with Gasteiger partial charge in [-0.05, 0) is 85.9 Å². The van der Waals surface area contributed by atoms with Crippen molar-refractivity contribution in [3.8, 4) is 0 Å². The number of piperidine rings is 1. The highest BCUT2D eigenvalue weighted by Crippen LogP contribution is 2.42. The number of carboxylic acids is 1. The van der Waals surface area contributed by atoms with Gasteiger partial charge in [-0.2, -0.15) is 0 Å². The Kier molecular flexibility index (Phi) is 6.00. The first kappa shape index (κ1) is 20.9. The van der Waals surface area contributed by atoms with Gasteiger partial charge in [0.25, 0.3) is 0 Å². The van der Waals surface area contributed by atoms with Crippen LogP contribution in [0.1, 0.15) is 63.8 Å². The molecule has 31 heavy (non-hydrogen) atoms. The van der Waals surface area contributed by atoms with Gasteiger partial charge in [0.1, 0.15) is 4.88 Å². The van der Waals surface area contributed by atoms with Crippen molar-refractivity contribution in [2.45, 2.75) is 51.5 Å². The lowest BCUT2D eigenvalue weighted by molar-refractivity contribution is 0.0702. The predicted molar refractivity (Wildman–Crippen MR) is 127 cm³/mol. The van der Waals surface area contributed by atoms with Gasteiger partial charge in [-0.25, -0.2) is 4.79 Å². The number of thiophene rings is 1. The van der Waals surface area contributed by atoms with E-state index in [-0.39, 0.29) is 0 Å². The molecule has 1 aromatic carbocycles. The first-order valence-electron chi connectivity index (χ1n) is 11.8. The van der Waals surface area contributed by atoms with E-state index in [0.29, 0.717) is 10.9 Å². The summed E-state index contributed by atoms with van der Waals surface area (Å²) in [4.78, 5) is 16.1. The van der Waals surface area contributed by atoms with Gasteiger partial charge in [0, 0.05) is 24.0 Å². The quantitative estimate of drug-likeness (QED) is 0.721. The van der Waals surface area contributed by atoms with E-state index in [2.05, 4.69) is 41.4 Å². The largest absolute Gasteiger partial charge is 0.477 e. The van der Waals surface area contributed by atoms with E-state index < -0.39 is 5.97 Å². The van der Waals surface area contributed by atoms with Crippen LogP contribution in [0.2, 0.25) is 0 Å². The normalized spacial score (nSPS) is 22.7. The van der Waals surface area contributed by atoms with E-state index in [4.69, 9.17) is 0 Å². The molecule has 2 atom stereocenters. The molecule has 2 fully saturated rings. The molecule has 0 radical (unpaired) electrons. The van der Waals surface area contributed by atoms with E-state index in [1.165, 1.54) is 56.9 Å². The fraction of sp³-hybridized carbons (Fsp3) is 0.500. The number of aryl methyl sites for hydroxylation is 2. The van der Waals surface area contributed by atoms with Crippen molar-refractivity contribution in [3.63, 3.8) is 0 Å². The summed E-state index contributed by atoms with van der Waals surface area (Å²) >= 11 is 1.47. The molecule has 164 valence electrons. The number of hydrogen-bond donors (Lipinski definition) is 2. The molecule has 5 heteroatoms. The summed E-state index contributed by atoms with van der Waals surface area (Å²) in [5.74, 6) is -0.0269. The summed E-state index contributed by atoms with van der Waals surface area (Å²) in [6.45, 7) is 6.88. The Morgan fingerprint density at radius 1 is 1.19 bits per heavy atom. The standard InChI is InChI=1S/C26H32N2O2S/c1-2-22(19-9-12-27-16-19)28-13-10-18(11-14-28)25-20-6-4-3-5-17(20)7-8-23-21(25)15-24(31-23)26(29)30/h3-6,15,19,22,27H,2,7-14,16H2,1H3,(H,29,30). The molecule has 5 rings (SSSR count). The molecule has 2 aromatic rings. The minimum atomic E-state index is -0.804. The molecule has 1 aromatic heterocycles. The Hall–Kier alpha value is -1.95. The highest BCUT2D eigenvalue weighted by molar-refractivity contribution is 7.14. The molecule has 0 bridgehead atoms. The number of nitrogens with zero attached hydrogens (tertiary/aromatic N) is 1. The fourth-order valence-corrected chi connectivity index (χ4v) is 6.96. The van der Waals surface area contributed by atoms with E-state index in [1.54, 1.807) is 0 Å². The monoisotopic (exact) mass is 436 g/mol. The third-order valence-electron chi connectivity index (χ3n) is 7.48. The van der Waals surface area contributed by atoms with Crippen molar-refractivity contribution in [1.29, 1.82) is 0 Å². The molecular formula is C26H32N2O2S. The van der Waals surface area contributed by atoms with Crippen LogP contribution < -0.4 is 5.32 Å². The molecule has 1 aliphatic carbocycles. The summed E-state index contributed by atoms with van der Waals surface area (Å²) in [5, 5.41) is 13.1. The van der Waals surface area contributed by atoms with Crippen LogP contribution in [0.3, 0.4) is 0 Å². The van der Waals surface area contributed by atoms with Gasteiger partial charge in [0.2, 0.25) is 0 Å². The summed E-state index contributed by atoms with van der Waals surface area (Å²) in [5.41, 5.74) is 6.76. The van der Waals surface area contributed by atoms with Gasteiger partial charge in [-0.3, -0.25) is 4.90 Å². The van der Waals surface area contributed by atoms with Crippen LogP contribution in [0.15, 0.2) is 35.9 Å². The van der Waals surface area contributed by atoms with Gasteiger partial charge < -0.3 is 10.4 Å². The number of carbonyl (C=O) groups is 1. The van der Waals surface area contributed by atoms with Crippen LogP contribution in [-0.2, 0) is 12.8 Å². The lowest BCUT2D eigenvalue weighted by Gasteiger charge is -2.38. The molecule has 0 spiro atoms. The molecule has 2 aliphatic heterocycles. The van der Waals surface area contributed by atoms with Crippen molar-refractivity contribution in [2.24, 2.45) is 5.92 Å². The average molecular weight is 437 g/mol. The molecule has 0 saturated carbocycles. The third-order valence-corrected chi connectivity index (χ3v) is 8.67. The Bertz CT molecular complexity index is 993. The highest BCUT2D eigenvalue weighted by atomic mass is 32.1. The Morgan fingerprint density at radius 3 is 2.71 bits per heavy atom. The SMILES string of the molecule is CCC(C1CCNC1)N1CCC(=C2c3ccccc3CCc3sc(C(=O)O)cc32)CC1. The zero-order valence-electron chi connectivity index (χ0n) is 18.3. The first-order chi connectivity index (χ1) is 15.2. The van der Waals surface area contributed by atoms with Crippen molar-refractivity contribution >= 4 is 22.9 Å². The average Bonchev–Trinajstić information content (AvgIpc) is 3.43. The van der Waals surface area contributed by atoms with Gasteiger partial charge in [-0.15, -0.1) is 11.3 Å². The summed E-state index contributed by atoms with van der Waals surface area (Å²) in [6, 6.07) is 11.4. The second-order valence-corrected chi connectivity index (χ2v) is 10.3. The minimum absolute atomic E-state index is 0.472. The van der Waals surface area contributed by atoms with Crippen molar-refractivity contribution in [3.05, 3.63) is 62.3 Å². The lowest BCUT2D eigenvalue weighted by atomic mass is 9.86. The molecule has 4 nitrogen and oxygen atoms in total. The second kappa shape index (κ2) is 8.89. The predicted octanol–water partition coefficient (Wildman–Crippen LogP) is 4.83. The summed E-state index contributed by atoms with van der Waals surface area (Å²) in [6.07, 6.45) is 6.60. The van der Waals surface area contributed by atoms with E-state index in [1.807, 2.05) is 6.07 Å². The van der Waals surface area contributed by atoms with E-state index in [9.17, 15) is 9.90 Å². The molecule has 2 saturated heterocycles. The zero-order valence-corrected chi connectivity index (χ0v) is 19.1. The molecule has 2 unspecified atom stereocenters. The minimum Gasteiger partial charge on any atom is -0.477 e. The maximum absolute atomic E-state index is 11.7. The van der Waals surface area contributed by atoms with E-state index in [0.717, 1.165) is 57.8 Å². The number of fused-ring (bicyclic) bond motifs is 2. The number of likely N-dealkylation sites (tertiary alicyclic amines) is 1. The van der Waals surface area contributed by atoms with Gasteiger partial charge >= 0.3 is 5.97 Å². The topological polar surface area (TPSA) is 52.6 Å². The van der Waals surface area contributed by atoms with Crippen LogP contribution >= 0.6 is 11.3 Å². The molecule has 3 heterocycles. The molecule has 2 N–H and O–H groups in total. The number of hydrogen-bond acceptors (Lipinski definition) is 4. The highest BCUT2D eigenvalue weighted by Gasteiger charge is 2.32. The van der Waals surface area contributed by atoms with E-state index >= 15 is 0 Å². The summed E-state index contributed by atoms with van der Waals surface area (Å²) < 4.78 is 0. The zero-order chi connectivity index (χ0) is 21.4. The van der Waals surface area contributed by atoms with Gasteiger partial charge in [0.05, 0.1) is 0 Å². The lowest BCUT2D eigenvalue weighted by Crippen LogP contribution is -2.44. The van der Waals surface area contributed by atoms with Crippen LogP contribution in [-0.4, -0.2) is 48.2 Å². The van der Waals surface area contributed by atoms with Gasteiger partial charge in [0.15, 0.2) is 0 Å². The third kappa shape index (κ3) is 3.99. The van der Waals surface area contributed by atoms with Crippen LogP contribution in [0.5, 0.6) is 0 Å². The number of aromatic carboxylic acids is 1. The second-order valence-electron chi connectivity index (χ2n) is 9.15. The van der Waals surface area contributed by atoms with Crippen LogP contribution in [0, 0.1) is 5.92 Å². The smallest absolute Gasteiger partial charge is 0.345 e. The Balaban J connectivity index is 1.49. The van der Waals surface area contributed by atoms with Crippen LogP contribution in [0.4, 0.5) is 0 Å². The Morgan fingerprint density at radius 2 is 2.00 bits per heavy atom. The van der Waals surface area contributed by atoms with Crippen molar-refractivity contribution < 1.29 is 9.90 Å². The number of carboxylic acid groups (broad SMARTS) is 1. The molecular weight excluding hydrogens is 404 g/mol. The number of rotatable bonds is 4. The maximum atomic E-state index is 11.7. The molecule has 3 aliphatic rings. The Labute approximate surface area is 189 Å². The maximum Gasteiger partial charge on any atom is 0.345 e.